The van der Waals surface area contributed by atoms with Crippen molar-refractivity contribution in [3.05, 3.63) is 53.1 Å². The Balaban J connectivity index is 1.57. The normalized spacial score (nSPS) is 15.0. The summed E-state index contributed by atoms with van der Waals surface area (Å²) in [5.41, 5.74) is 7.86. The molecule has 0 saturated carbocycles. The predicted octanol–water partition coefficient (Wildman–Crippen LogP) is 4.10. The van der Waals surface area contributed by atoms with Crippen LogP contribution in [0.1, 0.15) is 36.5 Å². The zero-order chi connectivity index (χ0) is 20.1. The number of halogens is 1. The number of amides is 1. The fourth-order valence-electron chi connectivity index (χ4n) is 3.14. The van der Waals surface area contributed by atoms with Crippen molar-refractivity contribution in [3.8, 4) is 0 Å². The number of hydrogen-bond donors (Lipinski definition) is 2. The summed E-state index contributed by atoms with van der Waals surface area (Å²) < 4.78 is 5.23. The number of anilines is 3. The highest BCUT2D eigenvalue weighted by Gasteiger charge is 2.21. The quantitative estimate of drug-likeness (QED) is 0.582. The van der Waals surface area contributed by atoms with Gasteiger partial charge in [-0.1, -0.05) is 17.7 Å². The number of para-hydroxylation sites is 1. The van der Waals surface area contributed by atoms with Crippen LogP contribution < -0.4 is 16.0 Å². The lowest BCUT2D eigenvalue weighted by Crippen LogP contribution is -2.30. The molecule has 6 nitrogen and oxygen atoms in total. The standard InChI is InChI=1S/C21H24ClN3O3/c1-14(28-21(27)17-6-5-7-18(22)19(17)23)20(26)24-15-8-10-16(11-9-15)25-12-3-2-4-13-25/h5-11,14H,2-4,12-13,23H2,1H3,(H,24,26). The molecule has 1 amide bonds. The molecule has 1 unspecified atom stereocenters. The van der Waals surface area contributed by atoms with E-state index in [1.807, 2.05) is 24.3 Å². The average molecular weight is 402 g/mol. The molecule has 2 aromatic carbocycles. The summed E-state index contributed by atoms with van der Waals surface area (Å²) in [5.74, 6) is -1.11. The van der Waals surface area contributed by atoms with E-state index in [0.717, 1.165) is 18.8 Å². The minimum Gasteiger partial charge on any atom is -0.449 e. The van der Waals surface area contributed by atoms with E-state index in [1.54, 1.807) is 12.1 Å². The van der Waals surface area contributed by atoms with Crippen LogP contribution in [-0.2, 0) is 9.53 Å². The first-order chi connectivity index (χ1) is 13.5. The van der Waals surface area contributed by atoms with E-state index in [0.29, 0.717) is 5.69 Å². The molecule has 1 aliphatic heterocycles. The minimum absolute atomic E-state index is 0.134. The maximum Gasteiger partial charge on any atom is 0.341 e. The number of carbonyl (C=O) groups is 2. The number of hydrogen-bond acceptors (Lipinski definition) is 5. The fourth-order valence-corrected chi connectivity index (χ4v) is 3.32. The first kappa shape index (κ1) is 20.0. The molecule has 1 fully saturated rings. The third kappa shape index (κ3) is 4.75. The average Bonchev–Trinajstić information content (AvgIpc) is 2.71. The van der Waals surface area contributed by atoms with Crippen molar-refractivity contribution in [2.75, 3.05) is 29.0 Å². The van der Waals surface area contributed by atoms with Gasteiger partial charge in [0.25, 0.3) is 5.91 Å². The molecule has 2 aromatic rings. The van der Waals surface area contributed by atoms with Crippen molar-refractivity contribution in [2.24, 2.45) is 0 Å². The first-order valence-corrected chi connectivity index (χ1v) is 9.74. The molecule has 1 aliphatic rings. The van der Waals surface area contributed by atoms with E-state index in [1.165, 1.54) is 32.3 Å². The number of nitrogens with one attached hydrogen (secondary N) is 1. The van der Waals surface area contributed by atoms with Gasteiger partial charge in [0, 0.05) is 24.5 Å². The minimum atomic E-state index is -0.979. The second kappa shape index (κ2) is 8.97. The van der Waals surface area contributed by atoms with Gasteiger partial charge >= 0.3 is 5.97 Å². The van der Waals surface area contributed by atoms with Gasteiger partial charge in [-0.05, 0) is 62.6 Å². The Labute approximate surface area is 169 Å². The molecule has 7 heteroatoms. The highest BCUT2D eigenvalue weighted by molar-refractivity contribution is 6.33. The Morgan fingerprint density at radius 1 is 1.11 bits per heavy atom. The molecule has 0 spiro atoms. The highest BCUT2D eigenvalue weighted by atomic mass is 35.5. The largest absolute Gasteiger partial charge is 0.449 e. The van der Waals surface area contributed by atoms with Gasteiger partial charge in [-0.2, -0.15) is 0 Å². The number of carbonyl (C=O) groups excluding carboxylic acids is 2. The van der Waals surface area contributed by atoms with Crippen LogP contribution in [0.3, 0.4) is 0 Å². The molecule has 0 aromatic heterocycles. The van der Waals surface area contributed by atoms with E-state index < -0.39 is 18.0 Å². The maximum atomic E-state index is 12.4. The summed E-state index contributed by atoms with van der Waals surface area (Å²) >= 11 is 5.92. The molecule has 3 rings (SSSR count). The van der Waals surface area contributed by atoms with Gasteiger partial charge in [-0.25, -0.2) is 4.79 Å². The lowest BCUT2D eigenvalue weighted by Gasteiger charge is -2.28. The molecule has 148 valence electrons. The first-order valence-electron chi connectivity index (χ1n) is 9.36. The molecule has 1 atom stereocenters. The third-order valence-electron chi connectivity index (χ3n) is 4.78. The molecule has 1 heterocycles. The summed E-state index contributed by atoms with van der Waals surface area (Å²) in [5, 5.41) is 3.03. The molecule has 0 radical (unpaired) electrons. The number of rotatable bonds is 5. The van der Waals surface area contributed by atoms with Gasteiger partial charge in [0.2, 0.25) is 0 Å². The number of nitrogen functional groups attached to an aromatic ring is 1. The van der Waals surface area contributed by atoms with Crippen LogP contribution in [0.5, 0.6) is 0 Å². The fraction of sp³-hybridized carbons (Fsp3) is 0.333. The second-order valence-electron chi connectivity index (χ2n) is 6.83. The van der Waals surface area contributed by atoms with E-state index in [-0.39, 0.29) is 16.3 Å². The van der Waals surface area contributed by atoms with Crippen LogP contribution in [0.2, 0.25) is 5.02 Å². The predicted molar refractivity (Wildman–Crippen MR) is 112 cm³/mol. The second-order valence-corrected chi connectivity index (χ2v) is 7.24. The van der Waals surface area contributed by atoms with Crippen LogP contribution in [0.15, 0.2) is 42.5 Å². The van der Waals surface area contributed by atoms with Crippen molar-refractivity contribution < 1.29 is 14.3 Å². The van der Waals surface area contributed by atoms with E-state index in [4.69, 9.17) is 22.1 Å². The number of piperidine rings is 1. The lowest BCUT2D eigenvalue weighted by atomic mass is 10.1. The van der Waals surface area contributed by atoms with Crippen molar-refractivity contribution in [1.82, 2.24) is 0 Å². The summed E-state index contributed by atoms with van der Waals surface area (Å²) in [6, 6.07) is 12.4. The van der Waals surface area contributed by atoms with E-state index in [2.05, 4.69) is 10.2 Å². The lowest BCUT2D eigenvalue weighted by molar-refractivity contribution is -0.123. The Hall–Kier alpha value is -2.73. The highest BCUT2D eigenvalue weighted by Crippen LogP contribution is 2.24. The summed E-state index contributed by atoms with van der Waals surface area (Å²) in [6.07, 6.45) is 2.71. The van der Waals surface area contributed by atoms with E-state index in [9.17, 15) is 9.59 Å². The van der Waals surface area contributed by atoms with Crippen molar-refractivity contribution in [2.45, 2.75) is 32.3 Å². The van der Waals surface area contributed by atoms with Crippen LogP contribution >= 0.6 is 11.6 Å². The van der Waals surface area contributed by atoms with Crippen molar-refractivity contribution in [1.29, 1.82) is 0 Å². The summed E-state index contributed by atoms with van der Waals surface area (Å²) in [4.78, 5) is 27.0. The molecular weight excluding hydrogens is 378 g/mol. The Morgan fingerprint density at radius 2 is 1.79 bits per heavy atom. The SMILES string of the molecule is CC(OC(=O)c1cccc(Cl)c1N)C(=O)Nc1ccc(N2CCCCC2)cc1. The Morgan fingerprint density at radius 3 is 2.46 bits per heavy atom. The Kier molecular flexibility index (Phi) is 6.41. The van der Waals surface area contributed by atoms with Gasteiger partial charge < -0.3 is 20.7 Å². The Bertz CT molecular complexity index is 848. The third-order valence-corrected chi connectivity index (χ3v) is 5.11. The number of benzene rings is 2. The van der Waals surface area contributed by atoms with Gasteiger partial charge in [0.15, 0.2) is 6.10 Å². The summed E-state index contributed by atoms with van der Waals surface area (Å²) in [6.45, 7) is 3.63. The van der Waals surface area contributed by atoms with Crippen molar-refractivity contribution in [3.63, 3.8) is 0 Å². The zero-order valence-corrected chi connectivity index (χ0v) is 16.5. The smallest absolute Gasteiger partial charge is 0.341 e. The molecule has 1 saturated heterocycles. The van der Waals surface area contributed by atoms with Gasteiger partial charge in [0.05, 0.1) is 16.3 Å². The van der Waals surface area contributed by atoms with Crippen LogP contribution in [0.25, 0.3) is 0 Å². The number of nitrogens with zero attached hydrogens (tertiary/aromatic N) is 1. The number of ether oxygens (including phenoxy) is 1. The number of nitrogens with two attached hydrogens (primary N) is 1. The van der Waals surface area contributed by atoms with Crippen LogP contribution in [0, 0.1) is 0 Å². The van der Waals surface area contributed by atoms with E-state index >= 15 is 0 Å². The molecule has 0 aliphatic carbocycles. The zero-order valence-electron chi connectivity index (χ0n) is 15.8. The van der Waals surface area contributed by atoms with Gasteiger partial charge in [0.1, 0.15) is 0 Å². The van der Waals surface area contributed by atoms with Gasteiger partial charge in [-0.15, -0.1) is 0 Å². The maximum absolute atomic E-state index is 12.4. The van der Waals surface area contributed by atoms with Gasteiger partial charge in [-0.3, -0.25) is 4.79 Å². The molecule has 28 heavy (non-hydrogen) atoms. The monoisotopic (exact) mass is 401 g/mol. The topological polar surface area (TPSA) is 84.7 Å². The molecule has 3 N–H and O–H groups in total. The number of esters is 1. The van der Waals surface area contributed by atoms with Crippen LogP contribution in [-0.4, -0.2) is 31.1 Å². The molecular formula is C21H24ClN3O3. The van der Waals surface area contributed by atoms with Crippen molar-refractivity contribution >= 4 is 40.5 Å². The summed E-state index contributed by atoms with van der Waals surface area (Å²) in [7, 11) is 0. The molecule has 0 bridgehead atoms. The van der Waals surface area contributed by atoms with Crippen LogP contribution in [0.4, 0.5) is 17.1 Å².